The number of nitrogens with one attached hydrogen (secondary N) is 1. The van der Waals surface area contributed by atoms with Crippen molar-refractivity contribution in [3.63, 3.8) is 0 Å². The van der Waals surface area contributed by atoms with Crippen molar-refractivity contribution >= 4 is 0 Å². The van der Waals surface area contributed by atoms with Crippen molar-refractivity contribution in [3.8, 4) is 5.69 Å². The van der Waals surface area contributed by atoms with Gasteiger partial charge in [-0.05, 0) is 25.1 Å². The number of hydrogen-bond acceptors (Lipinski definition) is 3. The highest BCUT2D eigenvalue weighted by Crippen LogP contribution is 2.23. The third-order valence-electron chi connectivity index (χ3n) is 3.08. The molecule has 1 saturated heterocycles. The smallest absolute Gasteiger partial charge is 0.148 e. The largest absolute Gasteiger partial charge is 0.316 e. The molecular weight excluding hydrogens is 219 g/mol. The van der Waals surface area contributed by atoms with Crippen LogP contribution in [0.1, 0.15) is 18.2 Å². The summed E-state index contributed by atoms with van der Waals surface area (Å²) in [5, 5.41) is 7.41. The summed E-state index contributed by atoms with van der Waals surface area (Å²) < 4.78 is 15.3. The van der Waals surface area contributed by atoms with Crippen molar-refractivity contribution in [2.45, 2.75) is 12.3 Å². The molecule has 88 valence electrons. The lowest BCUT2D eigenvalue weighted by atomic mass is 10.1. The number of halogens is 1. The molecule has 5 heteroatoms. The molecule has 1 N–H and O–H groups in total. The topological polar surface area (TPSA) is 42.7 Å². The van der Waals surface area contributed by atoms with Crippen LogP contribution < -0.4 is 5.32 Å². The van der Waals surface area contributed by atoms with E-state index in [-0.39, 0.29) is 5.82 Å². The summed E-state index contributed by atoms with van der Waals surface area (Å²) in [7, 11) is 0. The molecule has 0 saturated carbocycles. The van der Waals surface area contributed by atoms with Gasteiger partial charge < -0.3 is 5.32 Å². The minimum absolute atomic E-state index is 0.273. The maximum Gasteiger partial charge on any atom is 0.148 e. The van der Waals surface area contributed by atoms with E-state index in [1.54, 1.807) is 22.9 Å². The van der Waals surface area contributed by atoms with Gasteiger partial charge in [0.15, 0.2) is 0 Å². The van der Waals surface area contributed by atoms with Gasteiger partial charge in [0.1, 0.15) is 23.7 Å². The average molecular weight is 232 g/mol. The number of benzene rings is 1. The molecule has 0 radical (unpaired) electrons. The fourth-order valence-electron chi connectivity index (χ4n) is 2.21. The molecule has 0 amide bonds. The summed E-state index contributed by atoms with van der Waals surface area (Å²) in [5.74, 6) is 0.877. The lowest BCUT2D eigenvalue weighted by molar-refractivity contribution is 0.594. The van der Waals surface area contributed by atoms with E-state index in [1.807, 2.05) is 0 Å². The van der Waals surface area contributed by atoms with Crippen molar-refractivity contribution < 1.29 is 4.39 Å². The summed E-state index contributed by atoms with van der Waals surface area (Å²) in [6, 6.07) is 6.63. The summed E-state index contributed by atoms with van der Waals surface area (Å²) in [6.07, 6.45) is 2.51. The van der Waals surface area contributed by atoms with Crippen LogP contribution in [-0.4, -0.2) is 27.9 Å². The molecule has 3 rings (SSSR count). The fourth-order valence-corrected chi connectivity index (χ4v) is 2.21. The molecule has 0 bridgehead atoms. The van der Waals surface area contributed by atoms with Gasteiger partial charge in [-0.15, -0.1) is 0 Å². The van der Waals surface area contributed by atoms with Crippen LogP contribution in [0.25, 0.3) is 5.69 Å². The average Bonchev–Trinajstić information content (AvgIpc) is 3.00. The first kappa shape index (κ1) is 10.4. The number of aromatic nitrogens is 3. The minimum Gasteiger partial charge on any atom is -0.316 e. The normalized spacial score (nSPS) is 19.7. The first-order valence-electron chi connectivity index (χ1n) is 5.72. The van der Waals surface area contributed by atoms with Crippen LogP contribution in [-0.2, 0) is 0 Å². The van der Waals surface area contributed by atoms with Crippen LogP contribution in [0.2, 0.25) is 0 Å². The molecule has 1 aromatic carbocycles. The number of para-hydroxylation sites is 1. The van der Waals surface area contributed by atoms with E-state index >= 15 is 0 Å². The van der Waals surface area contributed by atoms with Crippen molar-refractivity contribution in [1.29, 1.82) is 0 Å². The third kappa shape index (κ3) is 1.82. The van der Waals surface area contributed by atoms with Crippen molar-refractivity contribution in [2.24, 2.45) is 0 Å². The molecular formula is C12H13FN4. The van der Waals surface area contributed by atoms with Crippen LogP contribution in [0.4, 0.5) is 4.39 Å². The summed E-state index contributed by atoms with van der Waals surface area (Å²) in [5.41, 5.74) is 0.465. The molecule has 4 nitrogen and oxygen atoms in total. The zero-order chi connectivity index (χ0) is 11.7. The van der Waals surface area contributed by atoms with E-state index in [1.165, 1.54) is 12.4 Å². The Morgan fingerprint density at radius 3 is 3.00 bits per heavy atom. The molecule has 1 aliphatic rings. The second kappa shape index (κ2) is 4.25. The van der Waals surface area contributed by atoms with E-state index in [4.69, 9.17) is 0 Å². The van der Waals surface area contributed by atoms with Crippen LogP contribution in [0, 0.1) is 5.82 Å². The SMILES string of the molecule is Fc1ccccc1-n1ncnc1C1CCNC1. The number of nitrogens with zero attached hydrogens (tertiary/aromatic N) is 3. The second-order valence-corrected chi connectivity index (χ2v) is 4.17. The molecule has 1 aromatic heterocycles. The highest BCUT2D eigenvalue weighted by Gasteiger charge is 2.23. The van der Waals surface area contributed by atoms with Gasteiger partial charge in [0, 0.05) is 12.5 Å². The Balaban J connectivity index is 2.04. The second-order valence-electron chi connectivity index (χ2n) is 4.17. The van der Waals surface area contributed by atoms with Gasteiger partial charge in [0.05, 0.1) is 0 Å². The van der Waals surface area contributed by atoms with Gasteiger partial charge in [-0.1, -0.05) is 12.1 Å². The summed E-state index contributed by atoms with van der Waals surface area (Å²) in [4.78, 5) is 4.26. The Bertz CT molecular complexity index is 517. The predicted molar refractivity (Wildman–Crippen MR) is 61.5 cm³/mol. The van der Waals surface area contributed by atoms with Gasteiger partial charge in [0.2, 0.25) is 0 Å². The Morgan fingerprint density at radius 1 is 1.35 bits per heavy atom. The quantitative estimate of drug-likeness (QED) is 0.853. The maximum atomic E-state index is 13.7. The highest BCUT2D eigenvalue weighted by molar-refractivity contribution is 5.33. The minimum atomic E-state index is -0.273. The Kier molecular flexibility index (Phi) is 2.60. The van der Waals surface area contributed by atoms with Gasteiger partial charge in [0.25, 0.3) is 0 Å². The van der Waals surface area contributed by atoms with Gasteiger partial charge in [-0.25, -0.2) is 14.1 Å². The molecule has 2 aromatic rings. The molecule has 1 atom stereocenters. The van der Waals surface area contributed by atoms with E-state index < -0.39 is 0 Å². The van der Waals surface area contributed by atoms with Crippen LogP contribution in [0.15, 0.2) is 30.6 Å². The van der Waals surface area contributed by atoms with E-state index in [9.17, 15) is 4.39 Å². The highest BCUT2D eigenvalue weighted by atomic mass is 19.1. The number of hydrogen-bond donors (Lipinski definition) is 1. The Morgan fingerprint density at radius 2 is 2.24 bits per heavy atom. The first-order chi connectivity index (χ1) is 8.36. The molecule has 1 aliphatic heterocycles. The van der Waals surface area contributed by atoms with E-state index in [0.29, 0.717) is 11.6 Å². The monoisotopic (exact) mass is 232 g/mol. The molecule has 2 heterocycles. The fraction of sp³-hybridized carbons (Fsp3) is 0.333. The molecule has 0 aliphatic carbocycles. The van der Waals surface area contributed by atoms with Gasteiger partial charge >= 0.3 is 0 Å². The van der Waals surface area contributed by atoms with E-state index in [0.717, 1.165) is 25.3 Å². The zero-order valence-electron chi connectivity index (χ0n) is 9.31. The van der Waals surface area contributed by atoms with Crippen molar-refractivity contribution in [2.75, 3.05) is 13.1 Å². The molecule has 1 unspecified atom stereocenters. The molecule has 0 spiro atoms. The van der Waals surface area contributed by atoms with E-state index in [2.05, 4.69) is 15.4 Å². The van der Waals surface area contributed by atoms with Crippen LogP contribution >= 0.6 is 0 Å². The summed E-state index contributed by atoms with van der Waals surface area (Å²) in [6.45, 7) is 1.86. The number of rotatable bonds is 2. The standard InChI is InChI=1S/C12H13FN4/c13-10-3-1-2-4-11(10)17-12(15-8-16-17)9-5-6-14-7-9/h1-4,8-9,14H,5-7H2. The third-order valence-corrected chi connectivity index (χ3v) is 3.08. The van der Waals surface area contributed by atoms with Gasteiger partial charge in [-0.2, -0.15) is 5.10 Å². The molecule has 1 fully saturated rings. The van der Waals surface area contributed by atoms with Crippen LogP contribution in [0.5, 0.6) is 0 Å². The Hall–Kier alpha value is -1.75. The maximum absolute atomic E-state index is 13.7. The van der Waals surface area contributed by atoms with Crippen molar-refractivity contribution in [1.82, 2.24) is 20.1 Å². The lowest BCUT2D eigenvalue weighted by Gasteiger charge is -2.10. The Labute approximate surface area is 98.5 Å². The summed E-state index contributed by atoms with van der Waals surface area (Å²) >= 11 is 0. The predicted octanol–water partition coefficient (Wildman–Crippen LogP) is 1.48. The first-order valence-corrected chi connectivity index (χ1v) is 5.72. The zero-order valence-corrected chi connectivity index (χ0v) is 9.31. The van der Waals surface area contributed by atoms with Gasteiger partial charge in [-0.3, -0.25) is 0 Å². The van der Waals surface area contributed by atoms with Crippen molar-refractivity contribution in [3.05, 3.63) is 42.2 Å². The lowest BCUT2D eigenvalue weighted by Crippen LogP contribution is -2.13. The van der Waals surface area contributed by atoms with Crippen LogP contribution in [0.3, 0.4) is 0 Å². The molecule has 17 heavy (non-hydrogen) atoms.